The highest BCUT2D eigenvalue weighted by molar-refractivity contribution is 5.89. The fourth-order valence-corrected chi connectivity index (χ4v) is 1.26. The third-order valence-electron chi connectivity index (χ3n) is 2.14. The number of carbonyl (C=O) groups excluding carboxylic acids is 3. The van der Waals surface area contributed by atoms with Crippen LogP contribution in [0.3, 0.4) is 0 Å². The molecule has 0 fully saturated rings. The molecule has 3 N–H and O–H groups in total. The van der Waals surface area contributed by atoms with Gasteiger partial charge < -0.3 is 16.0 Å². The van der Waals surface area contributed by atoms with E-state index in [-0.39, 0.29) is 18.4 Å². The largest absolute Gasteiger partial charge is 0.344 e. The van der Waals surface area contributed by atoms with Crippen molar-refractivity contribution < 1.29 is 14.4 Å². The summed E-state index contributed by atoms with van der Waals surface area (Å²) in [5, 5.41) is 7.70. The van der Waals surface area contributed by atoms with Crippen molar-refractivity contribution >= 4 is 18.1 Å². The van der Waals surface area contributed by atoms with Gasteiger partial charge >= 0.3 is 0 Å². The number of rotatable bonds is 8. The van der Waals surface area contributed by atoms with Crippen molar-refractivity contribution in [2.24, 2.45) is 0 Å². The number of hydrogen-bond donors (Lipinski definition) is 3. The number of amides is 2. The lowest BCUT2D eigenvalue weighted by atomic mass is 10.2. The maximum absolute atomic E-state index is 11.6. The Morgan fingerprint density at radius 2 is 1.94 bits per heavy atom. The first-order chi connectivity index (χ1) is 8.04. The molecular formula is C11H20N3O3. The van der Waals surface area contributed by atoms with Gasteiger partial charge in [-0.3, -0.25) is 14.4 Å². The summed E-state index contributed by atoms with van der Waals surface area (Å²) in [4.78, 5) is 33.4. The van der Waals surface area contributed by atoms with E-state index in [1.54, 1.807) is 20.3 Å². The molecule has 0 aromatic heterocycles. The first-order valence-electron chi connectivity index (χ1n) is 5.67. The quantitative estimate of drug-likeness (QED) is 0.515. The molecule has 0 aliphatic carbocycles. The second-order valence-corrected chi connectivity index (χ2v) is 3.79. The first kappa shape index (κ1) is 15.6. The molecule has 0 saturated carbocycles. The van der Waals surface area contributed by atoms with Crippen molar-refractivity contribution in [2.45, 2.75) is 38.8 Å². The van der Waals surface area contributed by atoms with Crippen LogP contribution in [0, 0.1) is 0 Å². The molecule has 0 aliphatic rings. The third-order valence-corrected chi connectivity index (χ3v) is 2.14. The summed E-state index contributed by atoms with van der Waals surface area (Å²) in [6.07, 6.45) is 3.09. The normalized spacial score (nSPS) is 13.6. The predicted octanol–water partition coefficient (Wildman–Crippen LogP) is -0.895. The van der Waals surface area contributed by atoms with Gasteiger partial charge in [0.15, 0.2) is 0 Å². The van der Waals surface area contributed by atoms with Crippen LogP contribution in [0.25, 0.3) is 0 Å². The van der Waals surface area contributed by atoms with Crippen LogP contribution in [-0.2, 0) is 14.4 Å². The average molecular weight is 242 g/mol. The van der Waals surface area contributed by atoms with E-state index in [1.807, 2.05) is 6.92 Å². The van der Waals surface area contributed by atoms with E-state index in [9.17, 15) is 14.4 Å². The van der Waals surface area contributed by atoms with Crippen LogP contribution >= 0.6 is 0 Å². The molecule has 0 rings (SSSR count). The summed E-state index contributed by atoms with van der Waals surface area (Å²) < 4.78 is 0. The van der Waals surface area contributed by atoms with Gasteiger partial charge in [0.25, 0.3) is 0 Å². The van der Waals surface area contributed by atoms with Gasteiger partial charge in [-0.15, -0.1) is 0 Å². The Balaban J connectivity index is 4.11. The summed E-state index contributed by atoms with van der Waals surface area (Å²) in [5.41, 5.74) is 0. The number of likely N-dealkylation sites (N-methyl/N-ethyl adjacent to an activating group) is 1. The minimum absolute atomic E-state index is 0.149. The highest BCUT2D eigenvalue weighted by Gasteiger charge is 2.18. The third kappa shape index (κ3) is 6.68. The molecule has 0 bridgehead atoms. The fourth-order valence-electron chi connectivity index (χ4n) is 1.26. The topological polar surface area (TPSA) is 87.3 Å². The van der Waals surface area contributed by atoms with Gasteiger partial charge in [0.1, 0.15) is 6.04 Å². The highest BCUT2D eigenvalue weighted by atomic mass is 16.2. The minimum atomic E-state index is -0.663. The molecule has 0 heterocycles. The molecule has 0 saturated heterocycles. The lowest BCUT2D eigenvalue weighted by Gasteiger charge is -2.16. The maximum Gasteiger partial charge on any atom is 0.242 e. The molecule has 0 aromatic carbocycles. The molecule has 2 amide bonds. The molecule has 2 unspecified atom stereocenters. The molecule has 0 spiro atoms. The SMILES string of the molecule is CCCC([C]=O)NC(=O)C(C)NC(=O)CNC. The van der Waals surface area contributed by atoms with Crippen LogP contribution in [0.15, 0.2) is 0 Å². The Labute approximate surface area is 102 Å². The average Bonchev–Trinajstić information content (AvgIpc) is 2.28. The molecule has 6 nitrogen and oxygen atoms in total. The molecule has 6 heteroatoms. The Morgan fingerprint density at radius 3 is 2.41 bits per heavy atom. The monoisotopic (exact) mass is 242 g/mol. The summed E-state index contributed by atoms with van der Waals surface area (Å²) in [7, 11) is 1.64. The number of nitrogens with one attached hydrogen (secondary N) is 3. The summed E-state index contributed by atoms with van der Waals surface area (Å²) in [6, 6.07) is -1.26. The molecule has 17 heavy (non-hydrogen) atoms. The molecule has 97 valence electrons. The Hall–Kier alpha value is -1.43. The van der Waals surface area contributed by atoms with Crippen molar-refractivity contribution in [3.8, 4) is 0 Å². The van der Waals surface area contributed by atoms with Gasteiger partial charge in [-0.05, 0) is 20.4 Å². The lowest BCUT2D eigenvalue weighted by molar-refractivity contribution is -0.128. The van der Waals surface area contributed by atoms with E-state index in [4.69, 9.17) is 0 Å². The van der Waals surface area contributed by atoms with Gasteiger partial charge in [-0.25, -0.2) is 0 Å². The van der Waals surface area contributed by atoms with Crippen LogP contribution in [0.4, 0.5) is 0 Å². The lowest BCUT2D eigenvalue weighted by Crippen LogP contribution is -2.49. The maximum atomic E-state index is 11.6. The molecular weight excluding hydrogens is 222 g/mol. The second-order valence-electron chi connectivity index (χ2n) is 3.79. The molecule has 0 aliphatic heterocycles. The number of carbonyl (C=O) groups is 2. The Kier molecular flexibility index (Phi) is 7.96. The smallest absolute Gasteiger partial charge is 0.242 e. The van der Waals surface area contributed by atoms with Crippen molar-refractivity contribution in [3.63, 3.8) is 0 Å². The van der Waals surface area contributed by atoms with E-state index < -0.39 is 12.1 Å². The molecule has 1 radical (unpaired) electrons. The fraction of sp³-hybridized carbons (Fsp3) is 0.727. The zero-order valence-corrected chi connectivity index (χ0v) is 10.5. The van der Waals surface area contributed by atoms with Crippen LogP contribution in [0.2, 0.25) is 0 Å². The van der Waals surface area contributed by atoms with Crippen LogP contribution in [0.1, 0.15) is 26.7 Å². The summed E-state index contributed by atoms with van der Waals surface area (Å²) in [6.45, 7) is 3.63. The molecule has 2 atom stereocenters. The van der Waals surface area contributed by atoms with E-state index in [1.165, 1.54) is 0 Å². The van der Waals surface area contributed by atoms with Crippen LogP contribution in [-0.4, -0.2) is 43.8 Å². The van der Waals surface area contributed by atoms with Crippen molar-refractivity contribution in [2.75, 3.05) is 13.6 Å². The minimum Gasteiger partial charge on any atom is -0.344 e. The highest BCUT2D eigenvalue weighted by Crippen LogP contribution is 1.94. The number of hydrogen-bond acceptors (Lipinski definition) is 4. The van der Waals surface area contributed by atoms with Crippen molar-refractivity contribution in [3.05, 3.63) is 0 Å². The first-order valence-corrected chi connectivity index (χ1v) is 5.67. The summed E-state index contributed by atoms with van der Waals surface area (Å²) in [5.74, 6) is -0.645. The van der Waals surface area contributed by atoms with E-state index in [0.717, 1.165) is 6.42 Å². The van der Waals surface area contributed by atoms with Gasteiger partial charge in [-0.1, -0.05) is 13.3 Å². The van der Waals surface area contributed by atoms with Crippen molar-refractivity contribution in [1.29, 1.82) is 0 Å². The predicted molar refractivity (Wildman–Crippen MR) is 64.1 cm³/mol. The van der Waals surface area contributed by atoms with Gasteiger partial charge in [0, 0.05) is 0 Å². The second kappa shape index (κ2) is 8.69. The molecule has 0 aromatic rings. The van der Waals surface area contributed by atoms with Crippen LogP contribution < -0.4 is 16.0 Å². The van der Waals surface area contributed by atoms with Gasteiger partial charge in [0.2, 0.25) is 18.1 Å². The van der Waals surface area contributed by atoms with Gasteiger partial charge in [-0.2, -0.15) is 0 Å². The zero-order valence-electron chi connectivity index (χ0n) is 10.5. The summed E-state index contributed by atoms with van der Waals surface area (Å²) >= 11 is 0. The zero-order chi connectivity index (χ0) is 13.3. The van der Waals surface area contributed by atoms with Gasteiger partial charge in [0.05, 0.1) is 12.6 Å². The standard InChI is InChI=1S/C11H20N3O3/c1-4-5-9(7-15)14-11(17)8(2)13-10(16)6-12-3/h8-9,12H,4-6H2,1-3H3,(H,13,16)(H,14,17). The Bertz CT molecular complexity index is 269. The Morgan fingerprint density at radius 1 is 1.29 bits per heavy atom. The van der Waals surface area contributed by atoms with E-state index in [2.05, 4.69) is 16.0 Å². The van der Waals surface area contributed by atoms with Crippen molar-refractivity contribution in [1.82, 2.24) is 16.0 Å². The van der Waals surface area contributed by atoms with E-state index >= 15 is 0 Å². The van der Waals surface area contributed by atoms with Crippen LogP contribution in [0.5, 0.6) is 0 Å². The van der Waals surface area contributed by atoms with E-state index in [0.29, 0.717) is 6.42 Å².